The topological polar surface area (TPSA) is 68.4 Å². The van der Waals surface area contributed by atoms with Gasteiger partial charge in [-0.25, -0.2) is 9.18 Å². The molecule has 1 unspecified atom stereocenters. The Morgan fingerprint density at radius 2 is 1.96 bits per heavy atom. The molecule has 0 aliphatic heterocycles. The summed E-state index contributed by atoms with van der Waals surface area (Å²) in [7, 11) is 1.71. The Balaban J connectivity index is 2.32. The number of ether oxygens (including phenoxy) is 1. The quantitative estimate of drug-likeness (QED) is 0.812. The molecule has 1 aromatic heterocycles. The number of carbonyl (C=O) groups is 1. The molecule has 0 fully saturated rings. The predicted octanol–water partition coefficient (Wildman–Crippen LogP) is 3.51. The lowest BCUT2D eigenvalue weighted by Crippen LogP contribution is -2.36. The number of benzene rings is 1. The van der Waals surface area contributed by atoms with Gasteiger partial charge >= 0.3 is 6.09 Å². The van der Waals surface area contributed by atoms with Crippen LogP contribution in [0.15, 0.2) is 30.5 Å². The van der Waals surface area contributed by atoms with Crippen molar-refractivity contribution >= 4 is 18.3 Å². The number of carbonyl (C=O) groups excluding carboxylic acids is 1. The van der Waals surface area contributed by atoms with Gasteiger partial charge in [-0.15, -0.1) is 0 Å². The van der Waals surface area contributed by atoms with E-state index >= 15 is 0 Å². The van der Waals surface area contributed by atoms with E-state index in [2.05, 4.69) is 5.32 Å². The number of imidazole rings is 1. The van der Waals surface area contributed by atoms with Crippen molar-refractivity contribution in [3.63, 3.8) is 0 Å². The Bertz CT molecular complexity index is 806. The van der Waals surface area contributed by atoms with Crippen LogP contribution in [0, 0.1) is 10.6 Å². The smallest absolute Gasteiger partial charge is 0.407 e. The molecule has 1 amide bonds. The van der Waals surface area contributed by atoms with Crippen LogP contribution < -0.4 is 5.32 Å². The Hall–Kier alpha value is -2.35. The number of hydrogen-bond acceptors (Lipinski definition) is 4. The van der Waals surface area contributed by atoms with Gasteiger partial charge in [-0.1, -0.05) is 12.1 Å². The maximum Gasteiger partial charge on any atom is 0.407 e. The van der Waals surface area contributed by atoms with E-state index in [9.17, 15) is 14.3 Å². The molecule has 0 radical (unpaired) electrons. The normalized spacial score (nSPS) is 12.7. The van der Waals surface area contributed by atoms with Gasteiger partial charge in [0.2, 0.25) is 5.88 Å². The molecule has 25 heavy (non-hydrogen) atoms. The maximum atomic E-state index is 13.2. The van der Waals surface area contributed by atoms with E-state index in [0.717, 1.165) is 0 Å². The first-order valence-electron chi connectivity index (χ1n) is 7.77. The number of nitrogens with zero attached hydrogens (tertiary/aromatic N) is 2. The molecule has 136 valence electrons. The lowest BCUT2D eigenvalue weighted by atomic mass is 10.1. The van der Waals surface area contributed by atoms with Crippen molar-refractivity contribution in [2.45, 2.75) is 32.4 Å². The number of alkyl carbamates (subject to hydrolysis) is 1. The maximum absolute atomic E-state index is 13.2. The van der Waals surface area contributed by atoms with Crippen molar-refractivity contribution in [2.24, 2.45) is 7.05 Å². The van der Waals surface area contributed by atoms with Crippen molar-refractivity contribution < 1.29 is 19.0 Å². The fraction of sp³-hybridized carbons (Fsp3) is 0.412. The fourth-order valence-corrected chi connectivity index (χ4v) is 2.66. The number of aromatic nitrogens is 2. The van der Waals surface area contributed by atoms with Crippen molar-refractivity contribution in [3.05, 3.63) is 46.6 Å². The van der Waals surface area contributed by atoms with Gasteiger partial charge in [-0.3, -0.25) is 4.57 Å². The Morgan fingerprint density at radius 1 is 1.36 bits per heavy atom. The molecule has 0 aliphatic rings. The molecule has 1 atom stereocenters. The summed E-state index contributed by atoms with van der Waals surface area (Å²) in [5, 5.41) is 12.9. The molecule has 1 aromatic carbocycles. The summed E-state index contributed by atoms with van der Waals surface area (Å²) in [6, 6.07) is 5.30. The Morgan fingerprint density at radius 3 is 2.44 bits per heavy atom. The number of nitrogens with one attached hydrogen (secondary N) is 1. The molecule has 0 bridgehead atoms. The first kappa shape index (κ1) is 19.0. The number of amides is 1. The number of aromatic hydroxyl groups is 1. The largest absolute Gasteiger partial charge is 0.493 e. The number of hydrogen-bond donors (Lipinski definition) is 2. The third kappa shape index (κ3) is 4.82. The molecule has 0 saturated heterocycles. The predicted molar refractivity (Wildman–Crippen MR) is 94.7 cm³/mol. The molecule has 1 heterocycles. The van der Waals surface area contributed by atoms with Crippen LogP contribution in [0.1, 0.15) is 32.4 Å². The first-order valence-corrected chi connectivity index (χ1v) is 8.18. The average molecular weight is 367 g/mol. The van der Waals surface area contributed by atoms with Crippen LogP contribution in [-0.2, 0) is 11.8 Å². The molecule has 0 saturated carbocycles. The van der Waals surface area contributed by atoms with Gasteiger partial charge in [0, 0.05) is 13.6 Å². The second-order valence-electron chi connectivity index (χ2n) is 6.70. The van der Waals surface area contributed by atoms with Crippen LogP contribution in [0.5, 0.6) is 5.88 Å². The summed E-state index contributed by atoms with van der Waals surface area (Å²) in [6.07, 6.45) is 0.897. The summed E-state index contributed by atoms with van der Waals surface area (Å²) in [4.78, 5) is 12.0. The molecule has 2 aromatic rings. The zero-order valence-electron chi connectivity index (χ0n) is 14.6. The van der Waals surface area contributed by atoms with Crippen LogP contribution in [0.4, 0.5) is 9.18 Å². The fourth-order valence-electron chi connectivity index (χ4n) is 2.39. The van der Waals surface area contributed by atoms with Gasteiger partial charge in [-0.2, -0.15) is 0 Å². The Labute approximate surface area is 150 Å². The number of rotatable bonds is 4. The van der Waals surface area contributed by atoms with Crippen LogP contribution in [0.25, 0.3) is 0 Å². The minimum absolute atomic E-state index is 0.0483. The van der Waals surface area contributed by atoms with Crippen LogP contribution in [0.3, 0.4) is 0 Å². The standard InChI is InChI=1S/C17H22FN3O3S/c1-17(2,3)24-15(23)19-9-13(11-5-7-12(18)8-6-11)21-14(22)10-20(4)16(21)25/h5-8,10,13,22H,9H2,1-4H3,(H,19,23). The minimum atomic E-state index is -0.624. The highest BCUT2D eigenvalue weighted by molar-refractivity contribution is 7.71. The molecule has 0 spiro atoms. The minimum Gasteiger partial charge on any atom is -0.493 e. The van der Waals surface area contributed by atoms with E-state index in [1.165, 1.54) is 22.9 Å². The second-order valence-corrected chi connectivity index (χ2v) is 7.07. The zero-order valence-corrected chi connectivity index (χ0v) is 15.4. The van der Waals surface area contributed by atoms with Gasteiger partial charge in [-0.05, 0) is 50.7 Å². The van der Waals surface area contributed by atoms with Gasteiger partial charge in [0.15, 0.2) is 4.77 Å². The number of aryl methyl sites for hydroxylation is 1. The van der Waals surface area contributed by atoms with E-state index in [0.29, 0.717) is 10.3 Å². The first-order chi connectivity index (χ1) is 11.6. The van der Waals surface area contributed by atoms with Crippen molar-refractivity contribution in [3.8, 4) is 5.88 Å². The lowest BCUT2D eigenvalue weighted by molar-refractivity contribution is 0.0522. The van der Waals surface area contributed by atoms with E-state index in [4.69, 9.17) is 17.0 Å². The van der Waals surface area contributed by atoms with Crippen LogP contribution in [0.2, 0.25) is 0 Å². The van der Waals surface area contributed by atoms with E-state index in [1.807, 2.05) is 0 Å². The summed E-state index contributed by atoms with van der Waals surface area (Å²) in [5.41, 5.74) is 0.0655. The molecule has 0 aliphatic carbocycles. The molecular weight excluding hydrogens is 345 g/mol. The van der Waals surface area contributed by atoms with Crippen LogP contribution in [-0.4, -0.2) is 32.5 Å². The lowest BCUT2D eigenvalue weighted by Gasteiger charge is -2.23. The average Bonchev–Trinajstić information content (AvgIpc) is 2.73. The van der Waals surface area contributed by atoms with E-state index in [1.54, 1.807) is 44.5 Å². The summed E-state index contributed by atoms with van der Waals surface area (Å²) in [6.45, 7) is 5.42. The van der Waals surface area contributed by atoms with Crippen molar-refractivity contribution in [1.29, 1.82) is 0 Å². The molecular formula is C17H22FN3O3S. The van der Waals surface area contributed by atoms with Crippen LogP contribution >= 0.6 is 12.2 Å². The van der Waals surface area contributed by atoms with E-state index < -0.39 is 17.7 Å². The molecule has 6 nitrogen and oxygen atoms in total. The monoisotopic (exact) mass is 367 g/mol. The van der Waals surface area contributed by atoms with Gasteiger partial charge in [0.05, 0.1) is 12.2 Å². The zero-order chi connectivity index (χ0) is 18.8. The number of halogens is 1. The van der Waals surface area contributed by atoms with E-state index in [-0.39, 0.29) is 18.2 Å². The van der Waals surface area contributed by atoms with Gasteiger partial charge in [0.1, 0.15) is 11.4 Å². The second kappa shape index (κ2) is 7.26. The highest BCUT2D eigenvalue weighted by Crippen LogP contribution is 2.25. The summed E-state index contributed by atoms with van der Waals surface area (Å²) in [5.74, 6) is -0.420. The summed E-state index contributed by atoms with van der Waals surface area (Å²) < 4.78 is 21.9. The molecule has 2 N–H and O–H groups in total. The SMILES string of the molecule is Cn1cc(O)n(C(CNC(=O)OC(C)(C)C)c2ccc(F)cc2)c1=S. The Kier molecular flexibility index (Phi) is 5.52. The van der Waals surface area contributed by atoms with Crippen molar-refractivity contribution in [1.82, 2.24) is 14.5 Å². The third-order valence-corrected chi connectivity index (χ3v) is 3.95. The van der Waals surface area contributed by atoms with Gasteiger partial charge < -0.3 is 19.7 Å². The highest BCUT2D eigenvalue weighted by atomic mass is 32.1. The molecule has 8 heteroatoms. The summed E-state index contributed by atoms with van der Waals surface area (Å²) >= 11 is 5.33. The van der Waals surface area contributed by atoms with Gasteiger partial charge in [0.25, 0.3) is 0 Å². The third-order valence-electron chi connectivity index (χ3n) is 3.47. The van der Waals surface area contributed by atoms with Crippen molar-refractivity contribution in [2.75, 3.05) is 6.54 Å². The molecule has 2 rings (SSSR count). The highest BCUT2D eigenvalue weighted by Gasteiger charge is 2.22.